The molecule has 0 atom stereocenters. The van der Waals surface area contributed by atoms with Gasteiger partial charge in [0.25, 0.3) is 0 Å². The van der Waals surface area contributed by atoms with Crippen molar-refractivity contribution in [3.8, 4) is 0 Å². The molecule has 0 aliphatic heterocycles. The number of hydrogen-bond donors (Lipinski definition) is 2. The molecule has 10 heavy (non-hydrogen) atoms. The highest BCUT2D eigenvalue weighted by atomic mass is 35.5. The van der Waals surface area contributed by atoms with Gasteiger partial charge in [-0.15, -0.1) is 0 Å². The molecule has 1 rings (SSSR count). The minimum Gasteiger partial charge on any atom is -0.375 e. The molecule has 0 bridgehead atoms. The molecule has 0 spiro atoms. The number of para-hydroxylation sites is 1. The summed E-state index contributed by atoms with van der Waals surface area (Å²) >= 11 is 9.82. The van der Waals surface area contributed by atoms with E-state index in [4.69, 9.17) is 11.6 Å². The quantitative estimate of drug-likeness (QED) is 0.518. The molecule has 1 N–H and O–H groups in total. The van der Waals surface area contributed by atoms with Crippen LogP contribution in [0.5, 0.6) is 0 Å². The first-order valence-corrected chi connectivity index (χ1v) is 3.95. The summed E-state index contributed by atoms with van der Waals surface area (Å²) in [5.74, 6) is 0.601. The van der Waals surface area contributed by atoms with Gasteiger partial charge in [-0.2, -0.15) is 12.6 Å². The molecule has 0 aromatic heterocycles. The van der Waals surface area contributed by atoms with Crippen LogP contribution in [0.2, 0.25) is 5.02 Å². The Morgan fingerprint density at radius 2 is 2.10 bits per heavy atom. The fraction of sp³-hybridized carbons (Fsp3) is 0.143. The molecular weight excluding hydrogens is 166 g/mol. The van der Waals surface area contributed by atoms with E-state index in [2.05, 4.69) is 17.9 Å². The Morgan fingerprint density at radius 1 is 1.40 bits per heavy atom. The van der Waals surface area contributed by atoms with Crippen molar-refractivity contribution in [3.63, 3.8) is 0 Å². The van der Waals surface area contributed by atoms with Gasteiger partial charge in [0, 0.05) is 0 Å². The van der Waals surface area contributed by atoms with Crippen LogP contribution in [0.3, 0.4) is 0 Å². The van der Waals surface area contributed by atoms with Crippen LogP contribution in [-0.4, -0.2) is 5.88 Å². The summed E-state index contributed by atoms with van der Waals surface area (Å²) in [6, 6.07) is 7.58. The van der Waals surface area contributed by atoms with Gasteiger partial charge in [0.2, 0.25) is 0 Å². The molecule has 0 amide bonds. The molecule has 0 saturated carbocycles. The van der Waals surface area contributed by atoms with E-state index in [1.165, 1.54) is 0 Å². The Kier molecular flexibility index (Phi) is 2.90. The monoisotopic (exact) mass is 173 g/mol. The lowest BCUT2D eigenvalue weighted by Crippen LogP contribution is -1.93. The van der Waals surface area contributed by atoms with Gasteiger partial charge in [-0.25, -0.2) is 0 Å². The van der Waals surface area contributed by atoms with Crippen molar-refractivity contribution >= 4 is 29.9 Å². The average molecular weight is 174 g/mol. The van der Waals surface area contributed by atoms with Gasteiger partial charge >= 0.3 is 0 Å². The predicted molar refractivity (Wildman–Crippen MR) is 48.9 cm³/mol. The molecule has 54 valence electrons. The van der Waals surface area contributed by atoms with E-state index >= 15 is 0 Å². The third-order valence-corrected chi connectivity index (χ3v) is 1.63. The van der Waals surface area contributed by atoms with Gasteiger partial charge < -0.3 is 5.32 Å². The molecule has 3 heteroatoms. The summed E-state index contributed by atoms with van der Waals surface area (Å²) in [5, 5.41) is 3.74. The molecule has 0 aliphatic rings. The van der Waals surface area contributed by atoms with Crippen LogP contribution < -0.4 is 5.32 Å². The summed E-state index contributed by atoms with van der Waals surface area (Å²) in [6.07, 6.45) is 0. The van der Waals surface area contributed by atoms with Gasteiger partial charge in [-0.05, 0) is 12.1 Å². The third kappa shape index (κ3) is 1.82. The van der Waals surface area contributed by atoms with Gasteiger partial charge in [-0.3, -0.25) is 0 Å². The lowest BCUT2D eigenvalue weighted by Gasteiger charge is -2.02. The van der Waals surface area contributed by atoms with Crippen molar-refractivity contribution in [2.45, 2.75) is 0 Å². The Morgan fingerprint density at radius 3 is 2.70 bits per heavy atom. The molecule has 1 aromatic carbocycles. The molecule has 0 heterocycles. The SMILES string of the molecule is SCNc1ccccc1Cl. The number of nitrogens with one attached hydrogen (secondary N) is 1. The molecule has 0 radical (unpaired) electrons. The summed E-state index contributed by atoms with van der Waals surface area (Å²) in [6.45, 7) is 0. The first kappa shape index (κ1) is 7.76. The van der Waals surface area contributed by atoms with Crippen LogP contribution in [0.1, 0.15) is 0 Å². The fourth-order valence-electron chi connectivity index (χ4n) is 0.690. The predicted octanol–water partition coefficient (Wildman–Crippen LogP) is 2.64. The molecule has 0 aliphatic carbocycles. The topological polar surface area (TPSA) is 12.0 Å². The maximum absolute atomic E-state index is 5.81. The Hall–Kier alpha value is -0.340. The van der Waals surface area contributed by atoms with Gasteiger partial charge in [0.15, 0.2) is 0 Å². The summed E-state index contributed by atoms with van der Waals surface area (Å²) in [7, 11) is 0. The van der Waals surface area contributed by atoms with E-state index in [0.29, 0.717) is 5.88 Å². The Bertz CT molecular complexity index is 215. The number of rotatable bonds is 2. The summed E-state index contributed by atoms with van der Waals surface area (Å²) in [5.41, 5.74) is 0.930. The number of hydrogen-bond acceptors (Lipinski definition) is 2. The number of anilines is 1. The van der Waals surface area contributed by atoms with Crippen LogP contribution in [0.15, 0.2) is 24.3 Å². The van der Waals surface area contributed by atoms with Crippen molar-refractivity contribution in [1.82, 2.24) is 0 Å². The van der Waals surface area contributed by atoms with Crippen LogP contribution in [-0.2, 0) is 0 Å². The standard InChI is InChI=1S/C7H8ClNS/c8-6-3-1-2-4-7(6)9-5-10/h1-4,9-10H,5H2. The maximum Gasteiger partial charge on any atom is 0.0637 e. The Labute approximate surface area is 70.8 Å². The molecule has 0 fully saturated rings. The van der Waals surface area contributed by atoms with Crippen molar-refractivity contribution in [3.05, 3.63) is 29.3 Å². The molecule has 1 nitrogen and oxygen atoms in total. The van der Waals surface area contributed by atoms with Crippen LogP contribution in [0.25, 0.3) is 0 Å². The first-order chi connectivity index (χ1) is 4.84. The Balaban J connectivity index is 2.81. The molecular formula is C7H8ClNS. The molecule has 1 aromatic rings. The average Bonchev–Trinajstić information content (AvgIpc) is 1.94. The van der Waals surface area contributed by atoms with Crippen LogP contribution >= 0.6 is 24.2 Å². The van der Waals surface area contributed by atoms with Gasteiger partial charge in [0.1, 0.15) is 0 Å². The van der Waals surface area contributed by atoms with Gasteiger partial charge in [-0.1, -0.05) is 23.7 Å². The summed E-state index contributed by atoms with van der Waals surface area (Å²) < 4.78 is 0. The normalized spacial score (nSPS) is 9.40. The summed E-state index contributed by atoms with van der Waals surface area (Å²) in [4.78, 5) is 0. The van der Waals surface area contributed by atoms with Crippen LogP contribution in [0.4, 0.5) is 5.69 Å². The minimum absolute atomic E-state index is 0.601. The lowest BCUT2D eigenvalue weighted by molar-refractivity contribution is 1.47. The van der Waals surface area contributed by atoms with Crippen molar-refractivity contribution in [2.24, 2.45) is 0 Å². The fourth-order valence-corrected chi connectivity index (χ4v) is 1.06. The lowest BCUT2D eigenvalue weighted by atomic mass is 10.3. The van der Waals surface area contributed by atoms with Crippen molar-refractivity contribution in [1.29, 1.82) is 0 Å². The highest BCUT2D eigenvalue weighted by Gasteiger charge is 1.93. The second-order valence-corrected chi connectivity index (χ2v) is 2.54. The smallest absolute Gasteiger partial charge is 0.0637 e. The highest BCUT2D eigenvalue weighted by molar-refractivity contribution is 7.80. The van der Waals surface area contributed by atoms with E-state index in [9.17, 15) is 0 Å². The number of benzene rings is 1. The maximum atomic E-state index is 5.81. The third-order valence-electron chi connectivity index (χ3n) is 1.14. The molecule has 0 saturated heterocycles. The zero-order valence-electron chi connectivity index (χ0n) is 5.34. The number of thiol groups is 1. The minimum atomic E-state index is 0.601. The zero-order valence-corrected chi connectivity index (χ0v) is 6.99. The van der Waals surface area contributed by atoms with Crippen molar-refractivity contribution in [2.75, 3.05) is 11.2 Å². The second-order valence-electron chi connectivity index (χ2n) is 1.81. The van der Waals surface area contributed by atoms with E-state index in [-0.39, 0.29) is 0 Å². The van der Waals surface area contributed by atoms with E-state index in [1.807, 2.05) is 24.3 Å². The van der Waals surface area contributed by atoms with E-state index in [0.717, 1.165) is 10.7 Å². The van der Waals surface area contributed by atoms with E-state index < -0.39 is 0 Å². The molecule has 0 unspecified atom stereocenters. The first-order valence-electron chi connectivity index (χ1n) is 2.94. The number of halogens is 1. The second kappa shape index (κ2) is 3.74. The highest BCUT2D eigenvalue weighted by Crippen LogP contribution is 2.19. The van der Waals surface area contributed by atoms with Crippen molar-refractivity contribution < 1.29 is 0 Å². The van der Waals surface area contributed by atoms with E-state index in [1.54, 1.807) is 0 Å². The van der Waals surface area contributed by atoms with Crippen LogP contribution in [0, 0.1) is 0 Å². The van der Waals surface area contributed by atoms with Gasteiger partial charge in [0.05, 0.1) is 16.6 Å². The zero-order chi connectivity index (χ0) is 7.40. The largest absolute Gasteiger partial charge is 0.375 e.